The van der Waals surface area contributed by atoms with E-state index in [1.807, 2.05) is 91.0 Å². The molecule has 35 heavy (non-hydrogen) atoms. The Hall–Kier alpha value is -4.40. The second kappa shape index (κ2) is 11.1. The Morgan fingerprint density at radius 1 is 0.829 bits per heavy atom. The van der Waals surface area contributed by atoms with Crippen LogP contribution in [0.5, 0.6) is 5.75 Å². The van der Waals surface area contributed by atoms with Crippen LogP contribution < -0.4 is 10.1 Å². The SMILES string of the molecule is COC(=O)C(COc1cccc(C#N)c1)NC(c1ccccc1)(c1ccccc1)c1ccccc1. The summed E-state index contributed by atoms with van der Waals surface area (Å²) in [5.41, 5.74) is 2.53. The second-order valence-corrected chi connectivity index (χ2v) is 8.02. The largest absolute Gasteiger partial charge is 0.491 e. The van der Waals surface area contributed by atoms with Gasteiger partial charge in [-0.3, -0.25) is 10.1 Å². The van der Waals surface area contributed by atoms with Gasteiger partial charge in [-0.05, 0) is 34.9 Å². The summed E-state index contributed by atoms with van der Waals surface area (Å²) >= 11 is 0. The van der Waals surface area contributed by atoms with Crippen LogP contribution in [-0.4, -0.2) is 25.7 Å². The lowest BCUT2D eigenvalue weighted by Gasteiger charge is -2.39. The maximum atomic E-state index is 13.0. The molecule has 0 radical (unpaired) electrons. The van der Waals surface area contributed by atoms with Crippen LogP contribution in [0.1, 0.15) is 22.3 Å². The second-order valence-electron chi connectivity index (χ2n) is 8.02. The van der Waals surface area contributed by atoms with E-state index >= 15 is 0 Å². The third kappa shape index (κ3) is 5.24. The highest BCUT2D eigenvalue weighted by Gasteiger charge is 2.40. The molecule has 0 aromatic heterocycles. The van der Waals surface area contributed by atoms with Crippen LogP contribution in [0.4, 0.5) is 0 Å². The smallest absolute Gasteiger partial charge is 0.326 e. The summed E-state index contributed by atoms with van der Waals surface area (Å²) in [5, 5.41) is 12.8. The van der Waals surface area contributed by atoms with E-state index in [9.17, 15) is 10.1 Å². The standard InChI is InChI=1S/C30H26N2O3/c1-34-29(33)28(22-35-27-19-11-12-23(20-27)21-31)32-30(24-13-5-2-6-14-24,25-15-7-3-8-16-25)26-17-9-4-10-18-26/h2-20,28,32H,22H2,1H3. The number of rotatable bonds is 9. The molecule has 0 aliphatic carbocycles. The van der Waals surface area contributed by atoms with Gasteiger partial charge >= 0.3 is 5.97 Å². The number of carbonyl (C=O) groups is 1. The molecule has 0 spiro atoms. The Morgan fingerprint density at radius 3 is 1.80 bits per heavy atom. The molecule has 0 fully saturated rings. The van der Waals surface area contributed by atoms with Crippen molar-refractivity contribution in [3.8, 4) is 11.8 Å². The summed E-state index contributed by atoms with van der Waals surface area (Å²) in [6.07, 6.45) is 0. The van der Waals surface area contributed by atoms with Gasteiger partial charge < -0.3 is 9.47 Å². The van der Waals surface area contributed by atoms with Gasteiger partial charge in [0.25, 0.3) is 0 Å². The summed E-state index contributed by atoms with van der Waals surface area (Å²) in [5.74, 6) is 0.0538. The molecule has 0 saturated carbocycles. The molecule has 5 nitrogen and oxygen atoms in total. The maximum Gasteiger partial charge on any atom is 0.326 e. The monoisotopic (exact) mass is 462 g/mol. The van der Waals surface area contributed by atoms with Crippen molar-refractivity contribution in [2.24, 2.45) is 0 Å². The van der Waals surface area contributed by atoms with Gasteiger partial charge in [-0.15, -0.1) is 0 Å². The van der Waals surface area contributed by atoms with E-state index in [4.69, 9.17) is 9.47 Å². The molecule has 0 bridgehead atoms. The minimum absolute atomic E-state index is 0.00973. The lowest BCUT2D eigenvalue weighted by atomic mass is 9.76. The van der Waals surface area contributed by atoms with Crippen LogP contribution in [0.15, 0.2) is 115 Å². The van der Waals surface area contributed by atoms with Gasteiger partial charge in [-0.25, -0.2) is 0 Å². The molecule has 1 unspecified atom stereocenters. The van der Waals surface area contributed by atoms with Gasteiger partial charge in [0.15, 0.2) is 0 Å². The van der Waals surface area contributed by atoms with E-state index in [2.05, 4.69) is 11.4 Å². The predicted octanol–water partition coefficient (Wildman–Crippen LogP) is 5.06. The highest BCUT2D eigenvalue weighted by atomic mass is 16.5. The third-order valence-corrected chi connectivity index (χ3v) is 5.88. The molecule has 4 aromatic carbocycles. The fourth-order valence-electron chi connectivity index (χ4n) is 4.22. The first-order chi connectivity index (χ1) is 17.2. The first-order valence-corrected chi connectivity index (χ1v) is 11.3. The molecule has 4 rings (SSSR count). The molecule has 0 saturated heterocycles. The summed E-state index contributed by atoms with van der Waals surface area (Å²) < 4.78 is 11.1. The maximum absolute atomic E-state index is 13.0. The van der Waals surface area contributed by atoms with Crippen molar-refractivity contribution < 1.29 is 14.3 Å². The highest BCUT2D eigenvalue weighted by Crippen LogP contribution is 2.37. The molecule has 1 atom stereocenters. The van der Waals surface area contributed by atoms with Crippen LogP contribution >= 0.6 is 0 Å². The van der Waals surface area contributed by atoms with Gasteiger partial charge in [0.05, 0.1) is 24.3 Å². The molecule has 0 heterocycles. The Balaban J connectivity index is 1.81. The topological polar surface area (TPSA) is 71.3 Å². The number of hydrogen-bond donors (Lipinski definition) is 1. The minimum Gasteiger partial charge on any atom is -0.491 e. The average molecular weight is 463 g/mol. The Bertz CT molecular complexity index is 1190. The number of nitriles is 1. The Labute approximate surface area is 205 Å². The van der Waals surface area contributed by atoms with Gasteiger partial charge in [-0.2, -0.15) is 5.26 Å². The summed E-state index contributed by atoms with van der Waals surface area (Å²) in [7, 11) is 1.36. The number of nitrogens with zero attached hydrogens (tertiary/aromatic N) is 1. The van der Waals surface area contributed by atoms with Gasteiger partial charge in [0, 0.05) is 0 Å². The van der Waals surface area contributed by atoms with Crippen LogP contribution in [0.2, 0.25) is 0 Å². The summed E-state index contributed by atoms with van der Waals surface area (Å²) in [4.78, 5) is 13.0. The number of carbonyl (C=O) groups excluding carboxylic acids is 1. The Kier molecular flexibility index (Phi) is 7.57. The van der Waals surface area contributed by atoms with Gasteiger partial charge in [-0.1, -0.05) is 97.1 Å². The van der Waals surface area contributed by atoms with Crippen molar-refractivity contribution in [2.45, 2.75) is 11.6 Å². The lowest BCUT2D eigenvalue weighted by Crippen LogP contribution is -2.55. The number of ether oxygens (including phenoxy) is 2. The molecule has 0 amide bonds. The van der Waals surface area contributed by atoms with Crippen molar-refractivity contribution in [1.29, 1.82) is 5.26 Å². The van der Waals surface area contributed by atoms with E-state index in [1.165, 1.54) is 7.11 Å². The van der Waals surface area contributed by atoms with E-state index in [-0.39, 0.29) is 6.61 Å². The molecular formula is C30H26N2O3. The van der Waals surface area contributed by atoms with Crippen molar-refractivity contribution in [1.82, 2.24) is 5.32 Å². The Morgan fingerprint density at radius 2 is 1.34 bits per heavy atom. The lowest BCUT2D eigenvalue weighted by molar-refractivity contribution is -0.144. The number of esters is 1. The van der Waals surface area contributed by atoms with E-state index < -0.39 is 17.6 Å². The van der Waals surface area contributed by atoms with Gasteiger partial charge in [0.1, 0.15) is 18.4 Å². The highest BCUT2D eigenvalue weighted by molar-refractivity contribution is 5.76. The first-order valence-electron chi connectivity index (χ1n) is 11.3. The van der Waals surface area contributed by atoms with Crippen molar-refractivity contribution in [3.05, 3.63) is 138 Å². The zero-order valence-electron chi connectivity index (χ0n) is 19.4. The fourth-order valence-corrected chi connectivity index (χ4v) is 4.22. The van der Waals surface area contributed by atoms with Crippen molar-refractivity contribution >= 4 is 5.97 Å². The molecule has 1 N–H and O–H groups in total. The first kappa shape index (κ1) is 23.7. The summed E-state index contributed by atoms with van der Waals surface area (Å²) in [6, 6.07) is 38.2. The molecule has 174 valence electrons. The summed E-state index contributed by atoms with van der Waals surface area (Å²) in [6.45, 7) is 0.00973. The molecular weight excluding hydrogens is 436 g/mol. The molecule has 5 heteroatoms. The quantitative estimate of drug-likeness (QED) is 0.278. The van der Waals surface area contributed by atoms with Crippen LogP contribution in [-0.2, 0) is 15.1 Å². The molecule has 4 aromatic rings. The van der Waals surface area contributed by atoms with Crippen molar-refractivity contribution in [2.75, 3.05) is 13.7 Å². The number of methoxy groups -OCH3 is 1. The average Bonchev–Trinajstić information content (AvgIpc) is 2.94. The zero-order valence-corrected chi connectivity index (χ0v) is 19.4. The minimum atomic E-state index is -0.861. The third-order valence-electron chi connectivity index (χ3n) is 5.88. The van der Waals surface area contributed by atoms with Gasteiger partial charge in [0.2, 0.25) is 0 Å². The van der Waals surface area contributed by atoms with Crippen molar-refractivity contribution in [3.63, 3.8) is 0 Å². The fraction of sp³-hybridized carbons (Fsp3) is 0.133. The normalized spacial score (nSPS) is 11.8. The predicted molar refractivity (Wildman–Crippen MR) is 135 cm³/mol. The van der Waals surface area contributed by atoms with Crippen LogP contribution in [0.3, 0.4) is 0 Å². The zero-order chi connectivity index (χ0) is 24.5. The van der Waals surface area contributed by atoms with Crippen LogP contribution in [0, 0.1) is 11.3 Å². The molecule has 0 aliphatic rings. The van der Waals surface area contributed by atoms with Crippen LogP contribution in [0.25, 0.3) is 0 Å². The van der Waals surface area contributed by atoms with E-state index in [1.54, 1.807) is 24.3 Å². The number of nitrogens with one attached hydrogen (secondary N) is 1. The van der Waals surface area contributed by atoms with E-state index in [0.717, 1.165) is 16.7 Å². The number of benzene rings is 4. The molecule has 0 aliphatic heterocycles. The number of hydrogen-bond acceptors (Lipinski definition) is 5. The van der Waals surface area contributed by atoms with E-state index in [0.29, 0.717) is 11.3 Å².